The van der Waals surface area contributed by atoms with Gasteiger partial charge in [-0.3, -0.25) is 9.59 Å². The quantitative estimate of drug-likeness (QED) is 0.755. The third-order valence-electron chi connectivity index (χ3n) is 3.83. The third kappa shape index (κ3) is 4.78. The minimum atomic E-state index is -0.314. The molecule has 0 radical (unpaired) electrons. The smallest absolute Gasteiger partial charge is 0.323 e. The van der Waals surface area contributed by atoms with Crippen LogP contribution in [0, 0.1) is 11.8 Å². The molecule has 0 aliphatic heterocycles. The van der Waals surface area contributed by atoms with E-state index in [2.05, 4.69) is 5.32 Å². The van der Waals surface area contributed by atoms with Gasteiger partial charge in [0, 0.05) is 6.04 Å². The monoisotopic (exact) mass is 285 g/mol. The normalized spacial score (nSPS) is 24.2. The number of hydrogen-bond acceptors (Lipinski definition) is 5. The number of ether oxygens (including phenoxy) is 2. The van der Waals surface area contributed by atoms with Crippen molar-refractivity contribution >= 4 is 11.9 Å². The first kappa shape index (κ1) is 17.0. The summed E-state index contributed by atoms with van der Waals surface area (Å²) in [5.74, 6) is -0.242. The second kappa shape index (κ2) is 8.25. The van der Waals surface area contributed by atoms with E-state index in [9.17, 15) is 9.59 Å². The lowest BCUT2D eigenvalue weighted by Gasteiger charge is -2.32. The second-order valence-corrected chi connectivity index (χ2v) is 5.72. The maximum Gasteiger partial charge on any atom is 0.323 e. The van der Waals surface area contributed by atoms with Crippen molar-refractivity contribution in [2.75, 3.05) is 13.7 Å². The molecule has 116 valence electrons. The van der Waals surface area contributed by atoms with Crippen molar-refractivity contribution in [2.24, 2.45) is 11.8 Å². The lowest BCUT2D eigenvalue weighted by atomic mass is 9.85. The molecule has 0 spiro atoms. The molecule has 0 aromatic carbocycles. The molecule has 20 heavy (non-hydrogen) atoms. The van der Waals surface area contributed by atoms with E-state index in [1.54, 1.807) is 0 Å². The molecular formula is C15H27NO4. The molecule has 0 aromatic heterocycles. The Bertz CT molecular complexity index is 330. The van der Waals surface area contributed by atoms with Crippen LogP contribution in [-0.4, -0.2) is 37.7 Å². The van der Waals surface area contributed by atoms with Gasteiger partial charge in [0.25, 0.3) is 0 Å². The number of carbonyl (C=O) groups is 2. The molecule has 0 amide bonds. The van der Waals surface area contributed by atoms with Crippen LogP contribution in [0.4, 0.5) is 0 Å². The van der Waals surface area contributed by atoms with Crippen LogP contribution in [0.2, 0.25) is 0 Å². The molecule has 0 aromatic rings. The Kier molecular flexibility index (Phi) is 6.99. The molecule has 5 heteroatoms. The van der Waals surface area contributed by atoms with Gasteiger partial charge in [0.05, 0.1) is 19.6 Å². The Morgan fingerprint density at radius 1 is 1.30 bits per heavy atom. The minimum absolute atomic E-state index is 0.0494. The maximum atomic E-state index is 11.8. The molecule has 1 saturated carbocycles. The fourth-order valence-corrected chi connectivity index (χ4v) is 2.73. The van der Waals surface area contributed by atoms with Crippen molar-refractivity contribution in [1.29, 1.82) is 0 Å². The molecule has 1 N–H and O–H groups in total. The number of rotatable bonds is 6. The molecule has 1 fully saturated rings. The van der Waals surface area contributed by atoms with Gasteiger partial charge in [0.1, 0.15) is 6.04 Å². The number of methoxy groups -OCH3 is 1. The van der Waals surface area contributed by atoms with Crippen LogP contribution in [0.3, 0.4) is 0 Å². The lowest BCUT2D eigenvalue weighted by Crippen LogP contribution is -2.49. The van der Waals surface area contributed by atoms with Gasteiger partial charge in [-0.1, -0.05) is 20.3 Å². The second-order valence-electron chi connectivity index (χ2n) is 5.72. The average Bonchev–Trinajstić information content (AvgIpc) is 2.44. The fraction of sp³-hybridized carbons (Fsp3) is 0.867. The van der Waals surface area contributed by atoms with Gasteiger partial charge in [-0.05, 0) is 32.1 Å². The molecule has 1 aliphatic rings. The molecule has 0 heterocycles. The summed E-state index contributed by atoms with van der Waals surface area (Å²) in [5, 5.41) is 3.35. The van der Waals surface area contributed by atoms with Crippen LogP contribution in [0.15, 0.2) is 0 Å². The number of hydrogen-bond donors (Lipinski definition) is 1. The van der Waals surface area contributed by atoms with Gasteiger partial charge in [-0.25, -0.2) is 0 Å². The van der Waals surface area contributed by atoms with Crippen LogP contribution in [0.25, 0.3) is 0 Å². The van der Waals surface area contributed by atoms with Crippen molar-refractivity contribution in [2.45, 2.75) is 58.5 Å². The first-order valence-corrected chi connectivity index (χ1v) is 7.50. The van der Waals surface area contributed by atoms with E-state index in [4.69, 9.17) is 9.47 Å². The van der Waals surface area contributed by atoms with Crippen LogP contribution in [0.1, 0.15) is 46.5 Å². The summed E-state index contributed by atoms with van der Waals surface area (Å²) in [6.45, 7) is 6.22. The Morgan fingerprint density at radius 2 is 2.00 bits per heavy atom. The Balaban J connectivity index is 2.58. The summed E-state index contributed by atoms with van der Waals surface area (Å²) in [5.41, 5.74) is 0. The number of nitrogens with one attached hydrogen (secondary N) is 1. The molecule has 1 rings (SSSR count). The first-order valence-electron chi connectivity index (χ1n) is 7.50. The molecule has 3 unspecified atom stereocenters. The van der Waals surface area contributed by atoms with Crippen LogP contribution in [0.5, 0.6) is 0 Å². The Morgan fingerprint density at radius 3 is 2.55 bits per heavy atom. The van der Waals surface area contributed by atoms with E-state index in [1.807, 2.05) is 20.8 Å². The van der Waals surface area contributed by atoms with Gasteiger partial charge in [0.2, 0.25) is 0 Å². The van der Waals surface area contributed by atoms with Crippen molar-refractivity contribution < 1.29 is 19.1 Å². The largest absolute Gasteiger partial charge is 0.468 e. The molecule has 0 bridgehead atoms. The van der Waals surface area contributed by atoms with Crippen molar-refractivity contribution in [1.82, 2.24) is 5.32 Å². The van der Waals surface area contributed by atoms with Crippen LogP contribution >= 0.6 is 0 Å². The number of esters is 2. The summed E-state index contributed by atoms with van der Waals surface area (Å²) in [6.07, 6.45) is 3.57. The van der Waals surface area contributed by atoms with Crippen molar-refractivity contribution in [3.63, 3.8) is 0 Å². The lowest BCUT2D eigenvalue weighted by molar-refractivity contribution is -0.149. The average molecular weight is 285 g/mol. The summed E-state index contributed by atoms with van der Waals surface area (Å²) in [6, 6.07) is -0.143. The standard InChI is InChI=1S/C15H27NO4/c1-5-20-14(17)11-7-6-8-12(9-11)16-13(10(2)3)15(18)19-4/h10-13,16H,5-9H2,1-4H3. The Hall–Kier alpha value is -1.10. The zero-order valence-corrected chi connectivity index (χ0v) is 13.0. The van der Waals surface area contributed by atoms with Gasteiger partial charge in [-0.15, -0.1) is 0 Å². The summed E-state index contributed by atoms with van der Waals surface area (Å²) < 4.78 is 9.93. The summed E-state index contributed by atoms with van der Waals surface area (Å²) in [7, 11) is 1.40. The van der Waals surface area contributed by atoms with E-state index < -0.39 is 0 Å². The molecular weight excluding hydrogens is 258 g/mol. The molecule has 0 saturated heterocycles. The molecule has 1 aliphatic carbocycles. The third-order valence-corrected chi connectivity index (χ3v) is 3.83. The van der Waals surface area contributed by atoms with E-state index in [0.29, 0.717) is 6.61 Å². The van der Waals surface area contributed by atoms with Gasteiger partial charge in [0.15, 0.2) is 0 Å². The summed E-state index contributed by atoms with van der Waals surface area (Å²) >= 11 is 0. The SMILES string of the molecule is CCOC(=O)C1CCCC(NC(C(=O)OC)C(C)C)C1. The maximum absolute atomic E-state index is 11.8. The number of carbonyl (C=O) groups excluding carboxylic acids is 2. The topological polar surface area (TPSA) is 64.6 Å². The van der Waals surface area contributed by atoms with Crippen LogP contribution < -0.4 is 5.32 Å². The van der Waals surface area contributed by atoms with Gasteiger partial charge < -0.3 is 14.8 Å². The predicted molar refractivity (Wildman–Crippen MR) is 76.2 cm³/mol. The molecule has 5 nitrogen and oxygen atoms in total. The zero-order chi connectivity index (χ0) is 15.1. The van der Waals surface area contributed by atoms with E-state index in [-0.39, 0.29) is 35.9 Å². The van der Waals surface area contributed by atoms with Gasteiger partial charge >= 0.3 is 11.9 Å². The highest BCUT2D eigenvalue weighted by atomic mass is 16.5. The fourth-order valence-electron chi connectivity index (χ4n) is 2.73. The summed E-state index contributed by atoms with van der Waals surface area (Å²) in [4.78, 5) is 23.6. The Labute approximate surface area is 121 Å². The first-order chi connectivity index (χ1) is 9.49. The highest BCUT2D eigenvalue weighted by molar-refractivity contribution is 5.76. The van der Waals surface area contributed by atoms with Crippen molar-refractivity contribution in [3.05, 3.63) is 0 Å². The highest BCUT2D eigenvalue weighted by Gasteiger charge is 2.32. The zero-order valence-electron chi connectivity index (χ0n) is 13.0. The van der Waals surface area contributed by atoms with Crippen LogP contribution in [-0.2, 0) is 19.1 Å². The van der Waals surface area contributed by atoms with Gasteiger partial charge in [-0.2, -0.15) is 0 Å². The highest BCUT2D eigenvalue weighted by Crippen LogP contribution is 2.26. The minimum Gasteiger partial charge on any atom is -0.468 e. The van der Waals surface area contributed by atoms with E-state index >= 15 is 0 Å². The molecule has 3 atom stereocenters. The predicted octanol–water partition coefficient (Wildman–Crippen LogP) is 1.90. The van der Waals surface area contributed by atoms with E-state index in [1.165, 1.54) is 7.11 Å². The van der Waals surface area contributed by atoms with E-state index in [0.717, 1.165) is 25.7 Å². The van der Waals surface area contributed by atoms with Crippen molar-refractivity contribution in [3.8, 4) is 0 Å².